The summed E-state index contributed by atoms with van der Waals surface area (Å²) in [5.74, 6) is 0.149. The average molecular weight is 294 g/mol. The lowest BCUT2D eigenvalue weighted by atomic mass is 9.97. The lowest BCUT2D eigenvalue weighted by molar-refractivity contribution is 0.0771. The molecule has 0 bridgehead atoms. The summed E-state index contributed by atoms with van der Waals surface area (Å²) < 4.78 is 1.16. The maximum Gasteiger partial charge on any atom is 0.274 e. The minimum absolute atomic E-state index is 0.0724. The van der Waals surface area contributed by atoms with E-state index >= 15 is 0 Å². The van der Waals surface area contributed by atoms with E-state index in [-0.39, 0.29) is 35.6 Å². The zero-order chi connectivity index (χ0) is 15.6. The molecule has 1 aliphatic heterocycles. The SMILES string of the molecule is CN(C)C[C@@H]1CN(C(=O)c2ccc(=O)n(C)n2)C[C@@H]1CO. The van der Waals surface area contributed by atoms with E-state index in [1.165, 1.54) is 19.2 Å². The Hall–Kier alpha value is -1.73. The van der Waals surface area contributed by atoms with Crippen molar-refractivity contribution < 1.29 is 9.90 Å². The van der Waals surface area contributed by atoms with E-state index in [2.05, 4.69) is 10.00 Å². The molecule has 1 N–H and O–H groups in total. The Balaban J connectivity index is 2.13. The minimum atomic E-state index is -0.244. The van der Waals surface area contributed by atoms with Crippen LogP contribution in [0, 0.1) is 11.8 Å². The van der Waals surface area contributed by atoms with Crippen molar-refractivity contribution in [3.63, 3.8) is 0 Å². The number of rotatable bonds is 4. The highest BCUT2D eigenvalue weighted by Crippen LogP contribution is 2.24. The van der Waals surface area contributed by atoms with Crippen molar-refractivity contribution in [3.8, 4) is 0 Å². The number of aliphatic hydroxyl groups is 1. The fraction of sp³-hybridized carbons (Fsp3) is 0.643. The third-order valence-corrected chi connectivity index (χ3v) is 3.88. The highest BCUT2D eigenvalue weighted by molar-refractivity contribution is 5.92. The lowest BCUT2D eigenvalue weighted by Crippen LogP contribution is -2.33. The molecule has 0 unspecified atom stereocenters. The van der Waals surface area contributed by atoms with Gasteiger partial charge < -0.3 is 14.9 Å². The van der Waals surface area contributed by atoms with Gasteiger partial charge in [-0.15, -0.1) is 0 Å². The molecule has 0 aliphatic carbocycles. The van der Waals surface area contributed by atoms with Gasteiger partial charge in [0.1, 0.15) is 5.69 Å². The number of carbonyl (C=O) groups is 1. The number of aromatic nitrogens is 2. The number of hydrogen-bond acceptors (Lipinski definition) is 5. The molecular formula is C14H22N4O3. The first-order valence-electron chi connectivity index (χ1n) is 7.01. The molecule has 2 heterocycles. The van der Waals surface area contributed by atoms with Gasteiger partial charge in [-0.25, -0.2) is 4.68 Å². The third kappa shape index (κ3) is 3.48. The highest BCUT2D eigenvalue weighted by Gasteiger charge is 2.35. The Labute approximate surface area is 123 Å². The number of aliphatic hydroxyl groups excluding tert-OH is 1. The van der Waals surface area contributed by atoms with Gasteiger partial charge >= 0.3 is 0 Å². The molecule has 1 aromatic rings. The van der Waals surface area contributed by atoms with E-state index in [0.717, 1.165) is 11.2 Å². The Morgan fingerprint density at radius 3 is 2.62 bits per heavy atom. The molecule has 1 aliphatic rings. The quantitative estimate of drug-likeness (QED) is 0.772. The first kappa shape index (κ1) is 15.7. The van der Waals surface area contributed by atoms with Crippen molar-refractivity contribution in [2.45, 2.75) is 0 Å². The molecule has 0 saturated carbocycles. The number of amides is 1. The number of aryl methyl sites for hydroxylation is 1. The molecule has 0 aromatic carbocycles. The van der Waals surface area contributed by atoms with Gasteiger partial charge in [0.15, 0.2) is 0 Å². The van der Waals surface area contributed by atoms with E-state index in [1.54, 1.807) is 4.90 Å². The molecular weight excluding hydrogens is 272 g/mol. The molecule has 2 atom stereocenters. The van der Waals surface area contributed by atoms with Crippen molar-refractivity contribution in [3.05, 3.63) is 28.2 Å². The maximum atomic E-state index is 12.5. The van der Waals surface area contributed by atoms with Crippen LogP contribution in [0.3, 0.4) is 0 Å². The van der Waals surface area contributed by atoms with Gasteiger partial charge in [-0.2, -0.15) is 5.10 Å². The summed E-state index contributed by atoms with van der Waals surface area (Å²) in [5, 5.41) is 13.5. The molecule has 2 rings (SSSR count). The van der Waals surface area contributed by atoms with Gasteiger partial charge in [-0.1, -0.05) is 0 Å². The van der Waals surface area contributed by atoms with Crippen LogP contribution in [0.15, 0.2) is 16.9 Å². The minimum Gasteiger partial charge on any atom is -0.396 e. The second-order valence-corrected chi connectivity index (χ2v) is 5.86. The lowest BCUT2D eigenvalue weighted by Gasteiger charge is -2.20. The molecule has 21 heavy (non-hydrogen) atoms. The molecule has 7 heteroatoms. The molecule has 1 aromatic heterocycles. The molecule has 7 nitrogen and oxygen atoms in total. The predicted molar refractivity (Wildman–Crippen MR) is 78.0 cm³/mol. The van der Waals surface area contributed by atoms with Crippen molar-refractivity contribution in [1.82, 2.24) is 19.6 Å². The molecule has 1 amide bonds. The topological polar surface area (TPSA) is 78.7 Å². The van der Waals surface area contributed by atoms with Crippen LogP contribution >= 0.6 is 0 Å². The second-order valence-electron chi connectivity index (χ2n) is 5.86. The van der Waals surface area contributed by atoms with E-state index in [4.69, 9.17) is 0 Å². The average Bonchev–Trinajstić information content (AvgIpc) is 2.83. The monoisotopic (exact) mass is 294 g/mol. The van der Waals surface area contributed by atoms with Gasteiger partial charge in [0.25, 0.3) is 11.5 Å². The summed E-state index contributed by atoms with van der Waals surface area (Å²) in [7, 11) is 5.48. The summed E-state index contributed by atoms with van der Waals surface area (Å²) in [6.07, 6.45) is 0. The third-order valence-electron chi connectivity index (χ3n) is 3.88. The van der Waals surface area contributed by atoms with Crippen LogP contribution in [0.25, 0.3) is 0 Å². The molecule has 1 fully saturated rings. The molecule has 0 radical (unpaired) electrons. The Morgan fingerprint density at radius 2 is 2.05 bits per heavy atom. The molecule has 116 valence electrons. The normalized spacial score (nSPS) is 22.0. The van der Waals surface area contributed by atoms with Gasteiger partial charge in [-0.3, -0.25) is 9.59 Å². The summed E-state index contributed by atoms with van der Waals surface area (Å²) in [6.45, 7) is 2.03. The second kappa shape index (κ2) is 6.36. The van der Waals surface area contributed by atoms with Crippen molar-refractivity contribution in [2.75, 3.05) is 40.3 Å². The first-order chi connectivity index (χ1) is 9.92. The molecule has 1 saturated heterocycles. The van der Waals surface area contributed by atoms with Crippen molar-refractivity contribution in [2.24, 2.45) is 18.9 Å². The van der Waals surface area contributed by atoms with E-state index < -0.39 is 0 Å². The Bertz CT molecular complexity index is 570. The van der Waals surface area contributed by atoms with Crippen molar-refractivity contribution >= 4 is 5.91 Å². The van der Waals surface area contributed by atoms with E-state index in [1.807, 2.05) is 14.1 Å². The zero-order valence-electron chi connectivity index (χ0n) is 12.7. The zero-order valence-corrected chi connectivity index (χ0v) is 12.7. The summed E-state index contributed by atoms with van der Waals surface area (Å²) >= 11 is 0. The molecule has 0 spiro atoms. The van der Waals surface area contributed by atoms with Crippen LogP contribution in [0.1, 0.15) is 10.5 Å². The Morgan fingerprint density at radius 1 is 1.38 bits per heavy atom. The number of carbonyl (C=O) groups excluding carboxylic acids is 1. The highest BCUT2D eigenvalue weighted by atomic mass is 16.3. The van der Waals surface area contributed by atoms with Crippen LogP contribution in [0.5, 0.6) is 0 Å². The number of hydrogen-bond donors (Lipinski definition) is 1. The predicted octanol–water partition coefficient (Wildman–Crippen LogP) is -0.978. The van der Waals surface area contributed by atoms with Crippen LogP contribution in [-0.2, 0) is 7.05 Å². The first-order valence-corrected chi connectivity index (χ1v) is 7.01. The van der Waals surface area contributed by atoms with Crippen LogP contribution in [0.4, 0.5) is 0 Å². The number of likely N-dealkylation sites (tertiary alicyclic amines) is 1. The van der Waals surface area contributed by atoms with E-state index in [0.29, 0.717) is 13.1 Å². The maximum absolute atomic E-state index is 12.5. The fourth-order valence-electron chi connectivity index (χ4n) is 2.77. The fourth-order valence-corrected chi connectivity index (χ4v) is 2.77. The largest absolute Gasteiger partial charge is 0.396 e. The van der Waals surface area contributed by atoms with Crippen LogP contribution in [-0.4, -0.2) is 70.9 Å². The summed E-state index contributed by atoms with van der Waals surface area (Å²) in [6, 6.07) is 2.80. The van der Waals surface area contributed by atoms with Gasteiger partial charge in [0.05, 0.1) is 0 Å². The van der Waals surface area contributed by atoms with Crippen LogP contribution < -0.4 is 5.56 Å². The van der Waals surface area contributed by atoms with Crippen LogP contribution in [0.2, 0.25) is 0 Å². The van der Waals surface area contributed by atoms with Gasteiger partial charge in [0.2, 0.25) is 0 Å². The van der Waals surface area contributed by atoms with E-state index in [9.17, 15) is 14.7 Å². The van der Waals surface area contributed by atoms with Crippen molar-refractivity contribution in [1.29, 1.82) is 0 Å². The summed E-state index contributed by atoms with van der Waals surface area (Å²) in [4.78, 5) is 27.6. The smallest absolute Gasteiger partial charge is 0.274 e. The van der Waals surface area contributed by atoms with Gasteiger partial charge in [0, 0.05) is 45.3 Å². The Kier molecular flexibility index (Phi) is 4.74. The standard InChI is InChI=1S/C14H22N4O3/c1-16(2)6-10-7-18(8-11(10)9-19)14(21)12-4-5-13(20)17(3)15-12/h4-5,10-11,19H,6-9H2,1-3H3/t10-,11-/m1/s1. The summed E-state index contributed by atoms with van der Waals surface area (Å²) in [5.41, 5.74) is 0.0194. The number of nitrogens with zero attached hydrogens (tertiary/aromatic N) is 4. The van der Waals surface area contributed by atoms with Gasteiger partial charge in [-0.05, 0) is 26.1 Å².